The summed E-state index contributed by atoms with van der Waals surface area (Å²) in [6.07, 6.45) is 1.58. The molecular formula is C12H14N2O4S. The summed E-state index contributed by atoms with van der Waals surface area (Å²) in [6.45, 7) is 1.43. The van der Waals surface area contributed by atoms with Crippen molar-refractivity contribution in [2.24, 2.45) is 7.05 Å². The third-order valence-electron chi connectivity index (χ3n) is 3.06. The van der Waals surface area contributed by atoms with Crippen LogP contribution in [0.3, 0.4) is 0 Å². The lowest BCUT2D eigenvalue weighted by molar-refractivity contribution is -0.140. The highest BCUT2D eigenvalue weighted by molar-refractivity contribution is 7.99. The Kier molecular flexibility index (Phi) is 3.66. The molecule has 0 unspecified atom stereocenters. The smallest absolute Gasteiger partial charge is 0.327 e. The van der Waals surface area contributed by atoms with Gasteiger partial charge in [-0.25, -0.2) is 4.79 Å². The highest BCUT2D eigenvalue weighted by atomic mass is 32.2. The first kappa shape index (κ1) is 13.7. The maximum atomic E-state index is 12.3. The van der Waals surface area contributed by atoms with Gasteiger partial charge in [0.05, 0.1) is 5.88 Å². The molecule has 0 saturated carbocycles. The summed E-state index contributed by atoms with van der Waals surface area (Å²) >= 11 is 1.41. The number of aliphatic carboxylic acids is 1. The van der Waals surface area contributed by atoms with Gasteiger partial charge in [0.1, 0.15) is 11.7 Å². The molecule has 1 saturated heterocycles. The van der Waals surface area contributed by atoms with Gasteiger partial charge in [-0.3, -0.25) is 9.59 Å². The van der Waals surface area contributed by atoms with Crippen LogP contribution in [0.25, 0.3) is 0 Å². The largest absolute Gasteiger partial charge is 0.480 e. The van der Waals surface area contributed by atoms with E-state index in [1.807, 2.05) is 0 Å². The molecule has 1 aliphatic rings. The summed E-state index contributed by atoms with van der Waals surface area (Å²) in [7, 11) is 1.67. The number of nitrogens with zero attached hydrogens (tertiary/aromatic N) is 2. The fourth-order valence-electron chi connectivity index (χ4n) is 1.96. The van der Waals surface area contributed by atoms with E-state index in [2.05, 4.69) is 0 Å². The zero-order valence-electron chi connectivity index (χ0n) is 10.6. The minimum atomic E-state index is -1.00. The van der Waals surface area contributed by atoms with Crippen molar-refractivity contribution in [3.05, 3.63) is 23.5 Å². The van der Waals surface area contributed by atoms with Crippen molar-refractivity contribution < 1.29 is 19.5 Å². The van der Waals surface area contributed by atoms with Crippen LogP contribution in [-0.4, -0.2) is 49.9 Å². The predicted octanol–water partition coefficient (Wildman–Crippen LogP) is 0.827. The third kappa shape index (κ3) is 2.51. The Morgan fingerprint density at radius 3 is 2.63 bits per heavy atom. The molecule has 1 amide bonds. The lowest BCUT2D eigenvalue weighted by Gasteiger charge is -2.20. The molecule has 2 heterocycles. The van der Waals surface area contributed by atoms with Crippen molar-refractivity contribution in [2.45, 2.75) is 13.0 Å². The van der Waals surface area contributed by atoms with Crippen LogP contribution >= 0.6 is 11.8 Å². The number of aryl methyl sites for hydroxylation is 1. The second kappa shape index (κ2) is 5.08. The molecule has 1 aromatic rings. The van der Waals surface area contributed by atoms with Gasteiger partial charge in [-0.15, -0.1) is 11.8 Å². The minimum absolute atomic E-state index is 0.125. The molecular weight excluding hydrogens is 268 g/mol. The first-order chi connectivity index (χ1) is 8.91. The second-order valence-corrected chi connectivity index (χ2v) is 5.41. The summed E-state index contributed by atoms with van der Waals surface area (Å²) < 4.78 is 1.56. The van der Waals surface area contributed by atoms with Gasteiger partial charge in [0.15, 0.2) is 5.78 Å². The Balaban J connectivity index is 2.29. The average molecular weight is 282 g/mol. The van der Waals surface area contributed by atoms with Gasteiger partial charge in [0, 0.05) is 24.6 Å². The summed E-state index contributed by atoms with van der Waals surface area (Å²) in [5, 5.41) is 9.07. The molecule has 0 bridgehead atoms. The van der Waals surface area contributed by atoms with Crippen LogP contribution in [0.4, 0.5) is 0 Å². The van der Waals surface area contributed by atoms with Crippen LogP contribution in [-0.2, 0) is 11.8 Å². The molecule has 19 heavy (non-hydrogen) atoms. The summed E-state index contributed by atoms with van der Waals surface area (Å²) in [6, 6.07) is 0.709. The number of hydrogen-bond donors (Lipinski definition) is 1. The highest BCUT2D eigenvalue weighted by Gasteiger charge is 2.36. The number of ketones is 1. The first-order valence-electron chi connectivity index (χ1n) is 5.70. The first-order valence-corrected chi connectivity index (χ1v) is 6.86. The predicted molar refractivity (Wildman–Crippen MR) is 70.3 cm³/mol. The number of carbonyl (C=O) groups excluding carboxylic acids is 2. The van der Waals surface area contributed by atoms with Crippen LogP contribution in [0.2, 0.25) is 0 Å². The monoisotopic (exact) mass is 282 g/mol. The quantitative estimate of drug-likeness (QED) is 0.831. The Morgan fingerprint density at radius 1 is 1.42 bits per heavy atom. The fraction of sp³-hybridized carbons (Fsp3) is 0.417. The summed E-state index contributed by atoms with van der Waals surface area (Å²) in [4.78, 5) is 36.0. The van der Waals surface area contributed by atoms with Crippen molar-refractivity contribution in [2.75, 3.05) is 11.6 Å². The van der Waals surface area contributed by atoms with Crippen LogP contribution in [0, 0.1) is 0 Å². The molecule has 6 nitrogen and oxygen atoms in total. The SMILES string of the molecule is CC(=O)c1cc(C(=O)N2CSC[C@H]2C(=O)O)n(C)c1. The maximum absolute atomic E-state index is 12.3. The molecule has 1 aliphatic heterocycles. The van der Waals surface area contributed by atoms with Crippen molar-refractivity contribution in [3.63, 3.8) is 0 Å². The summed E-state index contributed by atoms with van der Waals surface area (Å²) in [5.74, 6) is -0.728. The molecule has 1 N–H and O–H groups in total. The lowest BCUT2D eigenvalue weighted by atomic mass is 10.2. The fourth-order valence-corrected chi connectivity index (χ4v) is 3.11. The standard InChI is InChI=1S/C12H14N2O4S/c1-7(15)8-3-9(13(2)4-8)11(16)14-6-19-5-10(14)12(17)18/h3-4,10H,5-6H2,1-2H3,(H,17,18)/t10-/m0/s1. The molecule has 0 radical (unpaired) electrons. The minimum Gasteiger partial charge on any atom is -0.480 e. The summed E-state index contributed by atoms with van der Waals surface area (Å²) in [5.41, 5.74) is 0.781. The van der Waals surface area contributed by atoms with Gasteiger partial charge in [-0.05, 0) is 13.0 Å². The van der Waals surface area contributed by atoms with Crippen LogP contribution < -0.4 is 0 Å². The molecule has 1 fully saturated rings. The van der Waals surface area contributed by atoms with E-state index in [1.165, 1.54) is 29.7 Å². The zero-order chi connectivity index (χ0) is 14.2. The van der Waals surface area contributed by atoms with Crippen LogP contribution in [0.15, 0.2) is 12.3 Å². The number of thioether (sulfide) groups is 1. The van der Waals surface area contributed by atoms with Crippen molar-refractivity contribution in [1.29, 1.82) is 0 Å². The van der Waals surface area contributed by atoms with E-state index in [1.54, 1.807) is 17.8 Å². The molecule has 102 valence electrons. The van der Waals surface area contributed by atoms with Gasteiger partial charge >= 0.3 is 5.97 Å². The normalized spacial score (nSPS) is 18.6. The van der Waals surface area contributed by atoms with Gasteiger partial charge < -0.3 is 14.6 Å². The van der Waals surface area contributed by atoms with E-state index < -0.39 is 12.0 Å². The van der Waals surface area contributed by atoms with E-state index >= 15 is 0 Å². The molecule has 1 aromatic heterocycles. The van der Waals surface area contributed by atoms with E-state index in [-0.39, 0.29) is 11.7 Å². The van der Waals surface area contributed by atoms with Crippen molar-refractivity contribution in [1.82, 2.24) is 9.47 Å². The van der Waals surface area contributed by atoms with Crippen molar-refractivity contribution in [3.8, 4) is 0 Å². The van der Waals surface area contributed by atoms with E-state index in [0.29, 0.717) is 22.9 Å². The number of aromatic nitrogens is 1. The molecule has 0 spiro atoms. The van der Waals surface area contributed by atoms with Gasteiger partial charge in [-0.2, -0.15) is 0 Å². The Bertz CT molecular complexity index is 552. The second-order valence-electron chi connectivity index (χ2n) is 4.41. The Morgan fingerprint density at radius 2 is 2.11 bits per heavy atom. The molecule has 1 atom stereocenters. The van der Waals surface area contributed by atoms with Gasteiger partial charge in [0.25, 0.3) is 5.91 Å². The number of carbonyl (C=O) groups is 3. The molecule has 2 rings (SSSR count). The van der Waals surface area contributed by atoms with Crippen LogP contribution in [0.1, 0.15) is 27.8 Å². The number of hydrogen-bond acceptors (Lipinski definition) is 4. The number of carboxylic acid groups (broad SMARTS) is 1. The molecule has 0 aliphatic carbocycles. The number of carboxylic acids is 1. The molecule has 7 heteroatoms. The van der Waals surface area contributed by atoms with E-state index in [4.69, 9.17) is 5.11 Å². The van der Waals surface area contributed by atoms with E-state index in [0.717, 1.165) is 0 Å². The number of rotatable bonds is 3. The number of Topliss-reactive ketones (excluding diaryl/α,β-unsaturated/α-hetero) is 1. The van der Waals surface area contributed by atoms with E-state index in [9.17, 15) is 14.4 Å². The third-order valence-corrected chi connectivity index (χ3v) is 4.07. The maximum Gasteiger partial charge on any atom is 0.327 e. The number of amides is 1. The highest BCUT2D eigenvalue weighted by Crippen LogP contribution is 2.24. The average Bonchev–Trinajstić information content (AvgIpc) is 2.93. The Hall–Kier alpha value is -1.76. The van der Waals surface area contributed by atoms with Crippen LogP contribution in [0.5, 0.6) is 0 Å². The zero-order valence-corrected chi connectivity index (χ0v) is 11.4. The van der Waals surface area contributed by atoms with Gasteiger partial charge in [0.2, 0.25) is 0 Å². The van der Waals surface area contributed by atoms with Gasteiger partial charge in [-0.1, -0.05) is 0 Å². The lowest BCUT2D eigenvalue weighted by Crippen LogP contribution is -2.42. The molecule has 0 aromatic carbocycles. The van der Waals surface area contributed by atoms with Crippen molar-refractivity contribution >= 4 is 29.4 Å². The topological polar surface area (TPSA) is 79.6 Å². The Labute approximate surface area is 114 Å².